The van der Waals surface area contributed by atoms with Crippen LogP contribution in [0.3, 0.4) is 0 Å². The SMILES string of the molecule is Cc1ccc(NC(=O)CN2CCN(C(=O)[C@@H]3COc4ccccc4O3)CC2)c([N+](=O)[O-])c1. The highest BCUT2D eigenvalue weighted by atomic mass is 16.6. The third-order valence-electron chi connectivity index (χ3n) is 5.46. The molecule has 168 valence electrons. The number of nitrogens with one attached hydrogen (secondary N) is 1. The van der Waals surface area contributed by atoms with Crippen molar-refractivity contribution in [3.8, 4) is 11.5 Å². The summed E-state index contributed by atoms with van der Waals surface area (Å²) in [5, 5.41) is 13.9. The average Bonchev–Trinajstić information content (AvgIpc) is 2.79. The van der Waals surface area contributed by atoms with E-state index < -0.39 is 11.0 Å². The number of hydrogen-bond donors (Lipinski definition) is 1. The Morgan fingerprint density at radius 1 is 1.12 bits per heavy atom. The summed E-state index contributed by atoms with van der Waals surface area (Å²) in [4.78, 5) is 39.6. The van der Waals surface area contributed by atoms with Crippen molar-refractivity contribution in [2.24, 2.45) is 0 Å². The third-order valence-corrected chi connectivity index (χ3v) is 5.46. The number of benzene rings is 2. The van der Waals surface area contributed by atoms with Crippen LogP contribution in [-0.4, -0.2) is 72.0 Å². The number of hydrogen-bond acceptors (Lipinski definition) is 7. The Bertz CT molecular complexity index is 1030. The summed E-state index contributed by atoms with van der Waals surface area (Å²) in [5.41, 5.74) is 0.783. The van der Waals surface area contributed by atoms with Crippen LogP contribution in [0.5, 0.6) is 11.5 Å². The second-order valence-electron chi connectivity index (χ2n) is 7.79. The van der Waals surface area contributed by atoms with Gasteiger partial charge in [-0.05, 0) is 30.7 Å². The fourth-order valence-electron chi connectivity index (χ4n) is 3.76. The number of amides is 2. The van der Waals surface area contributed by atoms with Crippen molar-refractivity contribution in [2.45, 2.75) is 13.0 Å². The fraction of sp³-hybridized carbons (Fsp3) is 0.364. The Morgan fingerprint density at radius 3 is 2.56 bits per heavy atom. The predicted octanol–water partition coefficient (Wildman–Crippen LogP) is 1.83. The lowest BCUT2D eigenvalue weighted by Gasteiger charge is -2.36. The van der Waals surface area contributed by atoms with Crippen molar-refractivity contribution in [1.29, 1.82) is 0 Å². The van der Waals surface area contributed by atoms with E-state index in [1.165, 1.54) is 12.1 Å². The van der Waals surface area contributed by atoms with Crippen LogP contribution in [0, 0.1) is 17.0 Å². The summed E-state index contributed by atoms with van der Waals surface area (Å²) in [5.74, 6) is 0.704. The normalized spacial score (nSPS) is 18.2. The zero-order valence-electron chi connectivity index (χ0n) is 17.7. The smallest absolute Gasteiger partial charge is 0.293 e. The second kappa shape index (κ2) is 9.23. The minimum Gasteiger partial charge on any atom is -0.485 e. The molecule has 1 atom stereocenters. The number of rotatable bonds is 5. The van der Waals surface area contributed by atoms with E-state index in [4.69, 9.17) is 9.47 Å². The van der Waals surface area contributed by atoms with E-state index in [1.54, 1.807) is 30.0 Å². The van der Waals surface area contributed by atoms with E-state index in [-0.39, 0.29) is 36.3 Å². The molecule has 10 nitrogen and oxygen atoms in total. The molecule has 2 aliphatic rings. The molecule has 32 heavy (non-hydrogen) atoms. The van der Waals surface area contributed by atoms with Crippen molar-refractivity contribution < 1.29 is 24.0 Å². The van der Waals surface area contributed by atoms with Gasteiger partial charge in [0.25, 0.3) is 11.6 Å². The fourth-order valence-corrected chi connectivity index (χ4v) is 3.76. The molecule has 0 unspecified atom stereocenters. The van der Waals surface area contributed by atoms with Crippen molar-refractivity contribution >= 4 is 23.2 Å². The monoisotopic (exact) mass is 440 g/mol. The van der Waals surface area contributed by atoms with Gasteiger partial charge in [-0.15, -0.1) is 0 Å². The van der Waals surface area contributed by atoms with Crippen LogP contribution in [0.1, 0.15) is 5.56 Å². The Kier molecular flexibility index (Phi) is 6.22. The van der Waals surface area contributed by atoms with E-state index >= 15 is 0 Å². The van der Waals surface area contributed by atoms with Gasteiger partial charge in [0.2, 0.25) is 12.0 Å². The van der Waals surface area contributed by atoms with Crippen LogP contribution in [0.15, 0.2) is 42.5 Å². The van der Waals surface area contributed by atoms with Gasteiger partial charge in [-0.3, -0.25) is 24.6 Å². The Labute approximate surface area is 184 Å². The van der Waals surface area contributed by atoms with Crippen LogP contribution < -0.4 is 14.8 Å². The van der Waals surface area contributed by atoms with Gasteiger partial charge in [0.15, 0.2) is 11.5 Å². The maximum absolute atomic E-state index is 12.8. The van der Waals surface area contributed by atoms with E-state index in [1.807, 2.05) is 17.0 Å². The van der Waals surface area contributed by atoms with E-state index in [0.717, 1.165) is 5.56 Å². The van der Waals surface area contributed by atoms with Gasteiger partial charge in [-0.2, -0.15) is 0 Å². The van der Waals surface area contributed by atoms with Crippen LogP contribution in [0.4, 0.5) is 11.4 Å². The number of carbonyl (C=O) groups excluding carboxylic acids is 2. The summed E-state index contributed by atoms with van der Waals surface area (Å²) < 4.78 is 11.4. The van der Waals surface area contributed by atoms with E-state index in [0.29, 0.717) is 37.7 Å². The first-order valence-electron chi connectivity index (χ1n) is 10.4. The highest BCUT2D eigenvalue weighted by Gasteiger charge is 2.33. The third kappa shape index (κ3) is 4.80. The molecule has 2 heterocycles. The number of aryl methyl sites for hydroxylation is 1. The number of anilines is 1. The molecule has 2 aliphatic heterocycles. The van der Waals surface area contributed by atoms with Gasteiger partial charge >= 0.3 is 0 Å². The quantitative estimate of drug-likeness (QED) is 0.557. The second-order valence-corrected chi connectivity index (χ2v) is 7.79. The van der Waals surface area contributed by atoms with E-state index in [2.05, 4.69) is 5.32 Å². The molecular weight excluding hydrogens is 416 g/mol. The molecule has 0 saturated carbocycles. The summed E-state index contributed by atoms with van der Waals surface area (Å²) in [6.07, 6.45) is -0.693. The number of nitro groups is 1. The number of para-hydroxylation sites is 2. The average molecular weight is 440 g/mol. The lowest BCUT2D eigenvalue weighted by Crippen LogP contribution is -2.54. The lowest BCUT2D eigenvalue weighted by atomic mass is 10.2. The number of piperazine rings is 1. The number of carbonyl (C=O) groups is 2. The number of nitrogens with zero attached hydrogens (tertiary/aromatic N) is 3. The Morgan fingerprint density at radius 2 is 1.84 bits per heavy atom. The summed E-state index contributed by atoms with van der Waals surface area (Å²) in [6, 6.07) is 11.9. The molecule has 1 N–H and O–H groups in total. The van der Waals surface area contributed by atoms with Crippen molar-refractivity contribution in [3.63, 3.8) is 0 Å². The minimum atomic E-state index is -0.693. The first kappa shape index (κ1) is 21.6. The molecule has 4 rings (SSSR count). The number of ether oxygens (including phenoxy) is 2. The predicted molar refractivity (Wildman–Crippen MR) is 116 cm³/mol. The molecular formula is C22H24N4O6. The van der Waals surface area contributed by atoms with Gasteiger partial charge in [0.05, 0.1) is 11.5 Å². The zero-order chi connectivity index (χ0) is 22.7. The van der Waals surface area contributed by atoms with Crippen LogP contribution in [0.2, 0.25) is 0 Å². The Balaban J connectivity index is 1.28. The van der Waals surface area contributed by atoms with Gasteiger partial charge in [0.1, 0.15) is 12.3 Å². The standard InChI is InChI=1S/C22H24N4O6/c1-15-6-7-16(17(12-15)26(29)30)23-21(27)13-24-8-10-25(11-9-24)22(28)20-14-31-18-4-2-3-5-19(18)32-20/h2-7,12,20H,8-11,13-14H2,1H3,(H,23,27)/t20-/m0/s1. The molecule has 1 saturated heterocycles. The number of nitro benzene ring substituents is 1. The topological polar surface area (TPSA) is 114 Å². The first-order chi connectivity index (χ1) is 15.4. The highest BCUT2D eigenvalue weighted by molar-refractivity contribution is 5.94. The molecule has 10 heteroatoms. The minimum absolute atomic E-state index is 0.0868. The first-order valence-corrected chi connectivity index (χ1v) is 10.4. The number of fused-ring (bicyclic) bond motifs is 1. The van der Waals surface area contributed by atoms with Crippen molar-refractivity contribution in [3.05, 3.63) is 58.1 Å². The van der Waals surface area contributed by atoms with Crippen LogP contribution >= 0.6 is 0 Å². The molecule has 0 radical (unpaired) electrons. The van der Waals surface area contributed by atoms with Gasteiger partial charge in [0, 0.05) is 32.2 Å². The summed E-state index contributed by atoms with van der Waals surface area (Å²) in [6.45, 7) is 3.94. The molecule has 2 aromatic rings. The van der Waals surface area contributed by atoms with E-state index in [9.17, 15) is 19.7 Å². The van der Waals surface area contributed by atoms with Gasteiger partial charge in [-0.25, -0.2) is 0 Å². The molecule has 2 amide bonds. The highest BCUT2D eigenvalue weighted by Crippen LogP contribution is 2.31. The zero-order valence-corrected chi connectivity index (χ0v) is 17.7. The molecule has 2 aromatic carbocycles. The van der Waals surface area contributed by atoms with Gasteiger partial charge < -0.3 is 19.7 Å². The van der Waals surface area contributed by atoms with Gasteiger partial charge in [-0.1, -0.05) is 18.2 Å². The molecule has 0 aliphatic carbocycles. The molecule has 0 spiro atoms. The lowest BCUT2D eigenvalue weighted by molar-refractivity contribution is -0.384. The maximum Gasteiger partial charge on any atom is 0.293 e. The molecule has 1 fully saturated rings. The Hall–Kier alpha value is -3.66. The van der Waals surface area contributed by atoms with Crippen LogP contribution in [-0.2, 0) is 9.59 Å². The van der Waals surface area contributed by atoms with Crippen LogP contribution in [0.25, 0.3) is 0 Å². The largest absolute Gasteiger partial charge is 0.485 e. The molecule has 0 bridgehead atoms. The van der Waals surface area contributed by atoms with Crippen molar-refractivity contribution in [2.75, 3.05) is 44.6 Å². The summed E-state index contributed by atoms with van der Waals surface area (Å²) >= 11 is 0. The van der Waals surface area contributed by atoms with Crippen molar-refractivity contribution in [1.82, 2.24) is 9.80 Å². The summed E-state index contributed by atoms with van der Waals surface area (Å²) in [7, 11) is 0. The molecule has 0 aromatic heterocycles. The maximum atomic E-state index is 12.8.